The number of methoxy groups -OCH3 is 1. The van der Waals surface area contributed by atoms with Gasteiger partial charge in [0.1, 0.15) is 0 Å². The van der Waals surface area contributed by atoms with E-state index in [0.717, 1.165) is 23.1 Å². The summed E-state index contributed by atoms with van der Waals surface area (Å²) in [6.45, 7) is 14.1. The molecule has 0 aliphatic rings. The second-order valence-electron chi connectivity index (χ2n) is 9.71. The van der Waals surface area contributed by atoms with Gasteiger partial charge in [0.25, 0.3) is 0 Å². The summed E-state index contributed by atoms with van der Waals surface area (Å²) in [4.78, 5) is 4.44. The molecule has 2 aromatic rings. The van der Waals surface area contributed by atoms with Gasteiger partial charge < -0.3 is 23.9 Å². The van der Waals surface area contributed by atoms with Crippen molar-refractivity contribution in [3.8, 4) is 22.6 Å². The largest absolute Gasteiger partial charge is 0.493 e. The zero-order chi connectivity index (χ0) is 23.9. The van der Waals surface area contributed by atoms with Gasteiger partial charge in [-0.3, -0.25) is 4.98 Å². The Hall–Kier alpha value is -1.87. The van der Waals surface area contributed by atoms with Crippen LogP contribution in [0, 0.1) is 0 Å². The molecule has 2 rings (SSSR count). The zero-order valence-corrected chi connectivity index (χ0v) is 21.5. The van der Waals surface area contributed by atoms with E-state index in [9.17, 15) is 10.0 Å². The molecule has 1 heterocycles. The third-order valence-electron chi connectivity index (χ3n) is 6.14. The maximum absolute atomic E-state index is 9.70. The number of ether oxygens (including phenoxy) is 2. The zero-order valence-electron chi connectivity index (χ0n) is 20.5. The van der Waals surface area contributed by atoms with Crippen LogP contribution in [-0.2, 0) is 4.43 Å². The Morgan fingerprint density at radius 2 is 1.78 bits per heavy atom. The lowest BCUT2D eigenvalue weighted by Crippen LogP contribution is -2.42. The van der Waals surface area contributed by atoms with Crippen LogP contribution in [0.2, 0.25) is 24.5 Å². The third-order valence-corrected chi connectivity index (χ3v) is 10.6. The minimum absolute atomic E-state index is 0.0768. The number of pyridine rings is 1. The van der Waals surface area contributed by atoms with Gasteiger partial charge in [-0.15, -0.1) is 0 Å². The van der Waals surface area contributed by atoms with Crippen molar-refractivity contribution in [1.82, 2.24) is 4.98 Å². The Balaban J connectivity index is 2.33. The minimum atomic E-state index is -1.97. The van der Waals surface area contributed by atoms with E-state index in [1.54, 1.807) is 19.5 Å². The molecule has 0 saturated carbocycles. The van der Waals surface area contributed by atoms with E-state index >= 15 is 0 Å². The fourth-order valence-electron chi connectivity index (χ4n) is 3.10. The van der Waals surface area contributed by atoms with Crippen molar-refractivity contribution < 1.29 is 23.9 Å². The lowest BCUT2D eigenvalue weighted by Gasteiger charge is -2.37. The highest BCUT2D eigenvalue weighted by atomic mass is 28.4. The quantitative estimate of drug-likeness (QED) is 0.454. The minimum Gasteiger partial charge on any atom is -0.493 e. The van der Waals surface area contributed by atoms with Crippen LogP contribution in [0.5, 0.6) is 11.5 Å². The number of rotatable bonds is 11. The predicted octanol–water partition coefficient (Wildman–Crippen LogP) is 5.12. The monoisotopic (exact) mass is 459 g/mol. The smallest absolute Gasteiger partial charge is 0.452 e. The van der Waals surface area contributed by atoms with Gasteiger partial charge in [-0.25, -0.2) is 0 Å². The van der Waals surface area contributed by atoms with E-state index in [0.29, 0.717) is 24.7 Å². The second-order valence-corrected chi connectivity index (χ2v) is 14.5. The first-order valence-corrected chi connectivity index (χ1v) is 14.2. The predicted molar refractivity (Wildman–Crippen MR) is 133 cm³/mol. The highest BCUT2D eigenvalue weighted by molar-refractivity contribution is 6.74. The number of hydrogen-bond acceptors (Lipinski definition) is 6. The van der Waals surface area contributed by atoms with Crippen LogP contribution in [0.4, 0.5) is 0 Å². The Morgan fingerprint density at radius 3 is 2.38 bits per heavy atom. The molecule has 1 aromatic carbocycles. The maximum atomic E-state index is 9.70. The van der Waals surface area contributed by atoms with Crippen LogP contribution in [0.15, 0.2) is 36.7 Å². The van der Waals surface area contributed by atoms with Crippen LogP contribution >= 0.6 is 0 Å². The number of aromatic nitrogens is 1. The molecule has 2 N–H and O–H groups in total. The summed E-state index contributed by atoms with van der Waals surface area (Å²) in [6.07, 6.45) is 4.68. The molecule has 0 aliphatic carbocycles. The van der Waals surface area contributed by atoms with Crippen LogP contribution in [-0.4, -0.2) is 50.8 Å². The Kier molecular flexibility index (Phi) is 9.33. The van der Waals surface area contributed by atoms with Crippen LogP contribution < -0.4 is 9.47 Å². The number of nitrogens with zero attached hydrogens (tertiary/aromatic N) is 1. The van der Waals surface area contributed by atoms with Gasteiger partial charge in [-0.1, -0.05) is 33.8 Å². The average Bonchev–Trinajstić information content (AvgIpc) is 2.74. The summed E-state index contributed by atoms with van der Waals surface area (Å²) in [6, 6.07) is 7.86. The molecule has 0 aliphatic heterocycles. The summed E-state index contributed by atoms with van der Waals surface area (Å²) in [7, 11) is -1.76. The topological polar surface area (TPSA) is 81.0 Å². The molecule has 8 heteroatoms. The number of benzene rings is 1. The summed E-state index contributed by atoms with van der Waals surface area (Å²) < 4.78 is 17.7. The van der Waals surface area contributed by atoms with Crippen molar-refractivity contribution in [1.29, 1.82) is 0 Å². The van der Waals surface area contributed by atoms with Crippen LogP contribution in [0.1, 0.15) is 45.6 Å². The second kappa shape index (κ2) is 11.3. The van der Waals surface area contributed by atoms with E-state index < -0.39 is 15.4 Å². The van der Waals surface area contributed by atoms with Gasteiger partial charge in [0.2, 0.25) is 0 Å². The first-order valence-electron chi connectivity index (χ1n) is 11.2. The van der Waals surface area contributed by atoms with Gasteiger partial charge in [0.15, 0.2) is 19.8 Å². The molecular weight excluding hydrogens is 421 g/mol. The standard InChI is InChI=1S/C24H38BNO5Si/c1-8-11-30-23-13-18(9-10-22(23)29-5)19-12-20(16-26-15-19)21(14-25(27)28)17-31-32(6,7)24(2,3)4/h9-10,12-13,15-16,21,27-28H,8,11,14,17H2,1-7H3/t21-/m1/s1. The van der Waals surface area contributed by atoms with Crippen molar-refractivity contribution in [3.63, 3.8) is 0 Å². The van der Waals surface area contributed by atoms with E-state index in [-0.39, 0.29) is 17.3 Å². The van der Waals surface area contributed by atoms with E-state index in [1.807, 2.05) is 24.3 Å². The maximum Gasteiger partial charge on any atom is 0.452 e. The van der Waals surface area contributed by atoms with Crippen LogP contribution in [0.25, 0.3) is 11.1 Å². The van der Waals surface area contributed by atoms with Gasteiger partial charge in [-0.05, 0) is 60.2 Å². The Morgan fingerprint density at radius 1 is 1.06 bits per heavy atom. The molecule has 0 unspecified atom stereocenters. The molecule has 1 atom stereocenters. The van der Waals surface area contributed by atoms with Crippen molar-refractivity contribution in [3.05, 3.63) is 42.2 Å². The fourth-order valence-corrected chi connectivity index (χ4v) is 4.15. The fraction of sp³-hybridized carbons (Fsp3) is 0.542. The molecule has 0 bridgehead atoms. The molecule has 0 fully saturated rings. The van der Waals surface area contributed by atoms with Gasteiger partial charge in [0, 0.05) is 30.5 Å². The molecule has 0 spiro atoms. The van der Waals surface area contributed by atoms with Crippen molar-refractivity contribution in [2.75, 3.05) is 20.3 Å². The van der Waals surface area contributed by atoms with E-state index in [2.05, 4.69) is 45.8 Å². The lowest BCUT2D eigenvalue weighted by molar-refractivity contribution is 0.262. The van der Waals surface area contributed by atoms with Gasteiger partial charge >= 0.3 is 7.12 Å². The number of hydrogen-bond donors (Lipinski definition) is 2. The molecule has 0 amide bonds. The van der Waals surface area contributed by atoms with E-state index in [4.69, 9.17) is 13.9 Å². The summed E-state index contributed by atoms with van der Waals surface area (Å²) in [5.41, 5.74) is 2.80. The molecule has 0 radical (unpaired) electrons. The highest BCUT2D eigenvalue weighted by Gasteiger charge is 2.38. The average molecular weight is 459 g/mol. The molecule has 176 valence electrons. The van der Waals surface area contributed by atoms with Crippen molar-refractivity contribution in [2.24, 2.45) is 0 Å². The molecule has 6 nitrogen and oxygen atoms in total. The third kappa shape index (κ3) is 7.07. The van der Waals surface area contributed by atoms with Crippen molar-refractivity contribution >= 4 is 15.4 Å². The molecule has 0 saturated heterocycles. The summed E-state index contributed by atoms with van der Waals surface area (Å²) in [5, 5.41) is 19.5. The van der Waals surface area contributed by atoms with Gasteiger partial charge in [-0.2, -0.15) is 0 Å². The Bertz CT molecular complexity index is 870. The molecule has 32 heavy (non-hydrogen) atoms. The van der Waals surface area contributed by atoms with Crippen molar-refractivity contribution in [2.45, 2.75) is 64.5 Å². The first-order chi connectivity index (χ1) is 15.0. The Labute approximate surface area is 194 Å². The lowest BCUT2D eigenvalue weighted by atomic mass is 9.76. The SMILES string of the molecule is CCCOc1cc(-c2cncc([C@@H](CO[Si](C)(C)C(C)(C)C)CB(O)O)c2)ccc1OC. The normalized spacial score (nSPS) is 13.0. The molecular formula is C24H38BNO5Si. The first kappa shape index (κ1) is 26.4. The van der Waals surface area contributed by atoms with Crippen LogP contribution in [0.3, 0.4) is 0 Å². The molecule has 1 aromatic heterocycles. The highest BCUT2D eigenvalue weighted by Crippen LogP contribution is 2.38. The van der Waals surface area contributed by atoms with E-state index in [1.165, 1.54) is 0 Å². The summed E-state index contributed by atoms with van der Waals surface area (Å²) >= 11 is 0. The van der Waals surface area contributed by atoms with Gasteiger partial charge in [0.05, 0.1) is 13.7 Å². The summed E-state index contributed by atoms with van der Waals surface area (Å²) in [5.74, 6) is 1.21.